The molecular weight excluding hydrogens is 370 g/mol. The number of halogens is 1. The molecule has 0 spiro atoms. The highest BCUT2D eigenvalue weighted by atomic mass is 79.9. The van der Waals surface area contributed by atoms with Crippen LogP contribution in [0.5, 0.6) is 0 Å². The molecular formula is C18H18BrN3O2. The van der Waals surface area contributed by atoms with Crippen LogP contribution in [0.3, 0.4) is 0 Å². The molecule has 1 heterocycles. The van der Waals surface area contributed by atoms with E-state index in [1.807, 2.05) is 36.4 Å². The maximum Gasteiger partial charge on any atom is 0.321 e. The number of nitrogens with zero attached hydrogens (tertiary/aromatic N) is 2. The van der Waals surface area contributed by atoms with Crippen molar-refractivity contribution < 1.29 is 9.59 Å². The standard InChI is InChI=1S/C18H18BrN3O2/c1-21(12-13-2-6-15(19)7-3-13)17(23)14-4-8-16(9-5-14)22-11-10-20-18(22)24/h2-9H,10-12H2,1H3,(H,20,24). The lowest BCUT2D eigenvalue weighted by molar-refractivity contribution is 0.0785. The van der Waals surface area contributed by atoms with E-state index in [0.717, 1.165) is 15.7 Å². The summed E-state index contributed by atoms with van der Waals surface area (Å²) in [6.45, 7) is 1.84. The molecule has 0 unspecified atom stereocenters. The number of hydrogen-bond acceptors (Lipinski definition) is 2. The van der Waals surface area contributed by atoms with Crippen LogP contribution in [0.15, 0.2) is 53.0 Å². The fourth-order valence-electron chi connectivity index (χ4n) is 2.66. The first-order valence-electron chi connectivity index (χ1n) is 7.70. The lowest BCUT2D eigenvalue weighted by Crippen LogP contribution is -2.28. The summed E-state index contributed by atoms with van der Waals surface area (Å²) in [5, 5.41) is 2.76. The Kier molecular flexibility index (Phi) is 4.85. The highest BCUT2D eigenvalue weighted by Crippen LogP contribution is 2.18. The van der Waals surface area contributed by atoms with E-state index >= 15 is 0 Å². The number of carbonyl (C=O) groups excluding carboxylic acids is 2. The predicted octanol–water partition coefficient (Wildman–Crippen LogP) is 3.25. The van der Waals surface area contributed by atoms with Crippen LogP contribution < -0.4 is 10.2 Å². The first kappa shape index (κ1) is 16.5. The van der Waals surface area contributed by atoms with Gasteiger partial charge in [0.05, 0.1) is 0 Å². The molecule has 124 valence electrons. The number of anilines is 1. The van der Waals surface area contributed by atoms with E-state index in [4.69, 9.17) is 0 Å². The molecule has 1 aliphatic heterocycles. The van der Waals surface area contributed by atoms with Gasteiger partial charge in [0.2, 0.25) is 0 Å². The molecule has 1 aliphatic rings. The molecule has 0 radical (unpaired) electrons. The van der Waals surface area contributed by atoms with Gasteiger partial charge in [-0.15, -0.1) is 0 Å². The van der Waals surface area contributed by atoms with Crippen LogP contribution >= 0.6 is 15.9 Å². The second-order valence-electron chi connectivity index (χ2n) is 5.72. The molecule has 6 heteroatoms. The summed E-state index contributed by atoms with van der Waals surface area (Å²) in [4.78, 5) is 27.5. The summed E-state index contributed by atoms with van der Waals surface area (Å²) in [6, 6.07) is 15.0. The van der Waals surface area contributed by atoms with Crippen molar-refractivity contribution in [2.45, 2.75) is 6.54 Å². The zero-order valence-corrected chi connectivity index (χ0v) is 14.9. The Bertz CT molecular complexity index is 744. The average molecular weight is 388 g/mol. The van der Waals surface area contributed by atoms with Gasteiger partial charge in [-0.3, -0.25) is 9.69 Å². The summed E-state index contributed by atoms with van der Waals surface area (Å²) >= 11 is 3.40. The normalized spacial score (nSPS) is 13.8. The van der Waals surface area contributed by atoms with Gasteiger partial charge in [-0.1, -0.05) is 28.1 Å². The van der Waals surface area contributed by atoms with E-state index in [1.54, 1.807) is 29.0 Å². The molecule has 24 heavy (non-hydrogen) atoms. The maximum atomic E-state index is 12.5. The number of benzene rings is 2. The number of carbonyl (C=O) groups is 2. The zero-order chi connectivity index (χ0) is 17.1. The smallest absolute Gasteiger partial charge is 0.321 e. The van der Waals surface area contributed by atoms with E-state index in [-0.39, 0.29) is 11.9 Å². The second-order valence-corrected chi connectivity index (χ2v) is 6.63. The fourth-order valence-corrected chi connectivity index (χ4v) is 2.92. The van der Waals surface area contributed by atoms with Crippen molar-refractivity contribution in [2.75, 3.05) is 25.0 Å². The van der Waals surface area contributed by atoms with E-state index in [2.05, 4.69) is 21.2 Å². The van der Waals surface area contributed by atoms with Crippen molar-refractivity contribution in [1.82, 2.24) is 10.2 Å². The van der Waals surface area contributed by atoms with Gasteiger partial charge in [0, 0.05) is 42.4 Å². The molecule has 3 amide bonds. The number of urea groups is 1. The van der Waals surface area contributed by atoms with Gasteiger partial charge in [0.15, 0.2) is 0 Å². The Morgan fingerprint density at radius 1 is 1.17 bits per heavy atom. The highest BCUT2D eigenvalue weighted by molar-refractivity contribution is 9.10. The molecule has 2 aromatic rings. The number of nitrogens with one attached hydrogen (secondary N) is 1. The maximum absolute atomic E-state index is 12.5. The van der Waals surface area contributed by atoms with Crippen LogP contribution in [0, 0.1) is 0 Å². The largest absolute Gasteiger partial charge is 0.337 e. The van der Waals surface area contributed by atoms with E-state index in [1.165, 1.54) is 0 Å². The fraction of sp³-hybridized carbons (Fsp3) is 0.222. The van der Waals surface area contributed by atoms with Gasteiger partial charge in [-0.2, -0.15) is 0 Å². The van der Waals surface area contributed by atoms with Crippen molar-refractivity contribution in [1.29, 1.82) is 0 Å². The van der Waals surface area contributed by atoms with Gasteiger partial charge < -0.3 is 10.2 Å². The molecule has 3 rings (SSSR count). The number of amides is 3. The lowest BCUT2D eigenvalue weighted by atomic mass is 10.1. The summed E-state index contributed by atoms with van der Waals surface area (Å²) < 4.78 is 1.02. The van der Waals surface area contributed by atoms with Crippen LogP contribution in [-0.2, 0) is 6.54 Å². The minimum absolute atomic E-state index is 0.0460. The van der Waals surface area contributed by atoms with Crippen LogP contribution in [0.25, 0.3) is 0 Å². The molecule has 0 aromatic heterocycles. The first-order valence-corrected chi connectivity index (χ1v) is 8.49. The van der Waals surface area contributed by atoms with Crippen molar-refractivity contribution in [3.63, 3.8) is 0 Å². The van der Waals surface area contributed by atoms with Gasteiger partial charge in [-0.05, 0) is 42.0 Å². The van der Waals surface area contributed by atoms with E-state index < -0.39 is 0 Å². The first-order chi connectivity index (χ1) is 11.5. The number of rotatable bonds is 4. The highest BCUT2D eigenvalue weighted by Gasteiger charge is 2.21. The van der Waals surface area contributed by atoms with Gasteiger partial charge in [0.1, 0.15) is 0 Å². The minimum Gasteiger partial charge on any atom is -0.337 e. The summed E-state index contributed by atoms with van der Waals surface area (Å²) in [6.07, 6.45) is 0. The topological polar surface area (TPSA) is 52.7 Å². The third-order valence-corrected chi connectivity index (χ3v) is 4.49. The third-order valence-electron chi connectivity index (χ3n) is 3.96. The van der Waals surface area contributed by atoms with Crippen molar-refractivity contribution >= 4 is 33.6 Å². The van der Waals surface area contributed by atoms with Crippen molar-refractivity contribution in [2.24, 2.45) is 0 Å². The molecule has 2 aromatic carbocycles. The molecule has 0 bridgehead atoms. The average Bonchev–Trinajstić information content (AvgIpc) is 3.02. The molecule has 0 atom stereocenters. The van der Waals surface area contributed by atoms with Gasteiger partial charge in [-0.25, -0.2) is 4.79 Å². The Labute approximate surface area is 149 Å². The van der Waals surface area contributed by atoms with Gasteiger partial charge in [0.25, 0.3) is 5.91 Å². The Hall–Kier alpha value is -2.34. The third kappa shape index (κ3) is 3.59. The summed E-state index contributed by atoms with van der Waals surface area (Å²) in [5.41, 5.74) is 2.48. The SMILES string of the molecule is CN(Cc1ccc(Br)cc1)C(=O)c1ccc(N2CCNC2=O)cc1. The Morgan fingerprint density at radius 2 is 1.83 bits per heavy atom. The molecule has 1 saturated heterocycles. The van der Waals surface area contributed by atoms with Crippen LogP contribution in [0.1, 0.15) is 15.9 Å². The van der Waals surface area contributed by atoms with Crippen molar-refractivity contribution in [3.8, 4) is 0 Å². The van der Waals surface area contributed by atoms with Gasteiger partial charge >= 0.3 is 6.03 Å². The quantitative estimate of drug-likeness (QED) is 0.875. The Morgan fingerprint density at radius 3 is 2.42 bits per heavy atom. The molecule has 0 saturated carbocycles. The molecule has 1 N–H and O–H groups in total. The summed E-state index contributed by atoms with van der Waals surface area (Å²) in [7, 11) is 1.78. The minimum atomic E-state index is -0.0959. The zero-order valence-electron chi connectivity index (χ0n) is 13.3. The van der Waals surface area contributed by atoms with Crippen LogP contribution in [0.2, 0.25) is 0 Å². The number of hydrogen-bond donors (Lipinski definition) is 1. The van der Waals surface area contributed by atoms with E-state index in [9.17, 15) is 9.59 Å². The second kappa shape index (κ2) is 7.05. The van der Waals surface area contributed by atoms with E-state index in [0.29, 0.717) is 25.2 Å². The summed E-state index contributed by atoms with van der Waals surface area (Å²) in [5.74, 6) is -0.0460. The monoisotopic (exact) mass is 387 g/mol. The lowest BCUT2D eigenvalue weighted by Gasteiger charge is -2.19. The van der Waals surface area contributed by atoms with Crippen molar-refractivity contribution in [3.05, 3.63) is 64.1 Å². The van der Waals surface area contributed by atoms with Crippen LogP contribution in [0.4, 0.5) is 10.5 Å². The molecule has 0 aliphatic carbocycles. The molecule has 1 fully saturated rings. The predicted molar refractivity (Wildman–Crippen MR) is 97.1 cm³/mol. The van der Waals surface area contributed by atoms with Crippen LogP contribution in [-0.4, -0.2) is 37.0 Å². The molecule has 5 nitrogen and oxygen atoms in total. The Balaban J connectivity index is 1.67.